The van der Waals surface area contributed by atoms with Crippen molar-refractivity contribution in [2.75, 3.05) is 0 Å². The molecule has 3 amide bonds. The Hall–Kier alpha value is -4.66. The lowest BCUT2D eigenvalue weighted by Gasteiger charge is -2.36. The molecule has 4 rings (SSSR count). The third kappa shape index (κ3) is 11.5. The van der Waals surface area contributed by atoms with E-state index in [4.69, 9.17) is 9.47 Å². The lowest BCUT2D eigenvalue weighted by atomic mass is 9.96. The molecule has 0 spiro atoms. The SMILES string of the molecule is Cc1cc(C)cc(C(C(=O)NC(Cc2ccccc2)C(=O)OC(C)(C)C)N(C(=O)C(Cc2ccccc2)NC(=O)OC(C)(C)C)C2CC2)c1. The summed E-state index contributed by atoms with van der Waals surface area (Å²) >= 11 is 0. The second-order valence-electron chi connectivity index (χ2n) is 15.0. The minimum atomic E-state index is -1.09. The number of carbonyl (C=O) groups excluding carboxylic acids is 4. The monoisotopic (exact) mass is 669 g/mol. The molecular weight excluding hydrogens is 618 g/mol. The van der Waals surface area contributed by atoms with Crippen molar-refractivity contribution in [3.8, 4) is 0 Å². The Morgan fingerprint density at radius 3 is 1.67 bits per heavy atom. The number of alkyl carbamates (subject to hydrolysis) is 1. The zero-order valence-electron chi connectivity index (χ0n) is 30.0. The van der Waals surface area contributed by atoms with Crippen LogP contribution in [0, 0.1) is 13.8 Å². The smallest absolute Gasteiger partial charge is 0.408 e. The highest BCUT2D eigenvalue weighted by Crippen LogP contribution is 2.36. The largest absolute Gasteiger partial charge is 0.458 e. The van der Waals surface area contributed by atoms with Crippen LogP contribution in [0.4, 0.5) is 4.79 Å². The Bertz CT molecular complexity index is 1590. The molecule has 262 valence electrons. The highest BCUT2D eigenvalue weighted by molar-refractivity contribution is 5.94. The standard InChI is InChI=1S/C40H51N3O6/c1-26-21-27(2)23-30(22-26)34(35(44)41-33(37(46)48-39(3,4)5)25-29-17-13-10-14-18-29)43(31-19-20-31)36(45)32(24-28-15-11-9-12-16-28)42-38(47)49-40(6,7)8/h9-18,21-23,31-34H,19-20,24-25H2,1-8H3,(H,41,44)(H,42,47). The number of carbonyl (C=O) groups is 4. The third-order valence-electron chi connectivity index (χ3n) is 7.84. The van der Waals surface area contributed by atoms with E-state index in [-0.39, 0.29) is 18.9 Å². The summed E-state index contributed by atoms with van der Waals surface area (Å²) in [5.74, 6) is -1.48. The van der Waals surface area contributed by atoms with Crippen molar-refractivity contribution in [3.05, 3.63) is 107 Å². The number of rotatable bonds is 12. The van der Waals surface area contributed by atoms with Gasteiger partial charge in [-0.3, -0.25) is 9.59 Å². The Kier molecular flexibility index (Phi) is 11.9. The molecular formula is C40H51N3O6. The number of nitrogens with zero attached hydrogens (tertiary/aromatic N) is 1. The molecule has 0 heterocycles. The molecule has 0 aromatic heterocycles. The Morgan fingerprint density at radius 1 is 0.714 bits per heavy atom. The maximum Gasteiger partial charge on any atom is 0.408 e. The van der Waals surface area contributed by atoms with E-state index in [1.165, 1.54) is 0 Å². The summed E-state index contributed by atoms with van der Waals surface area (Å²) in [4.78, 5) is 57.8. The van der Waals surface area contributed by atoms with Crippen LogP contribution in [-0.4, -0.2) is 58.1 Å². The topological polar surface area (TPSA) is 114 Å². The van der Waals surface area contributed by atoms with Crippen LogP contribution in [0.25, 0.3) is 0 Å². The number of ether oxygens (including phenoxy) is 2. The third-order valence-corrected chi connectivity index (χ3v) is 7.84. The van der Waals surface area contributed by atoms with E-state index in [1.807, 2.05) is 92.7 Å². The Labute approximate surface area is 290 Å². The number of nitrogens with one attached hydrogen (secondary N) is 2. The fourth-order valence-corrected chi connectivity index (χ4v) is 5.82. The van der Waals surface area contributed by atoms with Crippen LogP contribution in [0.2, 0.25) is 0 Å². The molecule has 3 aromatic rings. The van der Waals surface area contributed by atoms with Crippen LogP contribution in [0.1, 0.15) is 88.2 Å². The normalized spacial score (nSPS) is 14.9. The van der Waals surface area contributed by atoms with Gasteiger partial charge >= 0.3 is 12.1 Å². The van der Waals surface area contributed by atoms with E-state index >= 15 is 0 Å². The van der Waals surface area contributed by atoms with Crippen molar-refractivity contribution in [2.45, 2.75) is 116 Å². The number of aryl methyl sites for hydroxylation is 2. The van der Waals surface area contributed by atoms with Crippen LogP contribution >= 0.6 is 0 Å². The summed E-state index contributed by atoms with van der Waals surface area (Å²) in [6, 6.07) is 21.3. The van der Waals surface area contributed by atoms with E-state index < -0.39 is 53.2 Å². The van der Waals surface area contributed by atoms with Crippen LogP contribution in [-0.2, 0) is 36.7 Å². The van der Waals surface area contributed by atoms with Crippen molar-refractivity contribution in [1.82, 2.24) is 15.5 Å². The van der Waals surface area contributed by atoms with Gasteiger partial charge in [0.05, 0.1) is 0 Å². The molecule has 1 saturated carbocycles. The first-order chi connectivity index (χ1) is 23.0. The second kappa shape index (κ2) is 15.7. The molecule has 49 heavy (non-hydrogen) atoms. The zero-order chi connectivity index (χ0) is 35.9. The molecule has 1 aliphatic rings. The summed E-state index contributed by atoms with van der Waals surface area (Å²) in [6.07, 6.45) is 1.07. The average molecular weight is 670 g/mol. The van der Waals surface area contributed by atoms with Gasteiger partial charge in [-0.25, -0.2) is 9.59 Å². The van der Waals surface area contributed by atoms with Crippen molar-refractivity contribution in [3.63, 3.8) is 0 Å². The minimum Gasteiger partial charge on any atom is -0.458 e. The molecule has 3 atom stereocenters. The highest BCUT2D eigenvalue weighted by atomic mass is 16.6. The maximum absolute atomic E-state index is 14.8. The maximum atomic E-state index is 14.8. The highest BCUT2D eigenvalue weighted by Gasteiger charge is 2.45. The van der Waals surface area contributed by atoms with Crippen molar-refractivity contribution in [2.24, 2.45) is 0 Å². The van der Waals surface area contributed by atoms with Gasteiger partial charge in [-0.05, 0) is 84.9 Å². The molecule has 0 aliphatic heterocycles. The summed E-state index contributed by atoms with van der Waals surface area (Å²) in [6.45, 7) is 14.5. The molecule has 3 aromatic carbocycles. The van der Waals surface area contributed by atoms with Gasteiger partial charge in [0.15, 0.2) is 0 Å². The van der Waals surface area contributed by atoms with Gasteiger partial charge in [0, 0.05) is 18.9 Å². The first-order valence-electron chi connectivity index (χ1n) is 17.0. The molecule has 0 radical (unpaired) electrons. The summed E-state index contributed by atoms with van der Waals surface area (Å²) in [7, 11) is 0. The van der Waals surface area contributed by atoms with E-state index in [2.05, 4.69) is 10.6 Å². The van der Waals surface area contributed by atoms with Gasteiger partial charge < -0.3 is 25.0 Å². The fraction of sp³-hybridized carbons (Fsp3) is 0.450. The summed E-state index contributed by atoms with van der Waals surface area (Å²) < 4.78 is 11.3. The van der Waals surface area contributed by atoms with Crippen LogP contribution in [0.3, 0.4) is 0 Å². The van der Waals surface area contributed by atoms with E-state index in [9.17, 15) is 19.2 Å². The van der Waals surface area contributed by atoms with Crippen molar-refractivity contribution < 1.29 is 28.7 Å². The van der Waals surface area contributed by atoms with E-state index in [0.717, 1.165) is 22.3 Å². The van der Waals surface area contributed by atoms with Gasteiger partial charge in [0.2, 0.25) is 11.8 Å². The van der Waals surface area contributed by atoms with Gasteiger partial charge in [-0.15, -0.1) is 0 Å². The fourth-order valence-electron chi connectivity index (χ4n) is 5.82. The average Bonchev–Trinajstić information content (AvgIpc) is 3.83. The van der Waals surface area contributed by atoms with Gasteiger partial charge in [0.25, 0.3) is 0 Å². The number of hydrogen-bond acceptors (Lipinski definition) is 6. The first-order valence-corrected chi connectivity index (χ1v) is 17.0. The molecule has 9 nitrogen and oxygen atoms in total. The second-order valence-corrected chi connectivity index (χ2v) is 15.0. The molecule has 0 saturated heterocycles. The van der Waals surface area contributed by atoms with Crippen LogP contribution in [0.15, 0.2) is 78.9 Å². The summed E-state index contributed by atoms with van der Waals surface area (Å²) in [5, 5.41) is 5.80. The molecule has 9 heteroatoms. The van der Waals surface area contributed by atoms with Gasteiger partial charge in [0.1, 0.15) is 29.3 Å². The lowest BCUT2D eigenvalue weighted by Crippen LogP contribution is -2.56. The van der Waals surface area contributed by atoms with Crippen molar-refractivity contribution in [1.29, 1.82) is 0 Å². The first kappa shape index (κ1) is 37.2. The van der Waals surface area contributed by atoms with E-state index in [1.54, 1.807) is 46.4 Å². The quantitative estimate of drug-likeness (QED) is 0.212. The Balaban J connectivity index is 1.76. The number of esters is 1. The number of benzene rings is 3. The lowest BCUT2D eigenvalue weighted by molar-refractivity contribution is -0.159. The van der Waals surface area contributed by atoms with E-state index in [0.29, 0.717) is 18.4 Å². The Morgan fingerprint density at radius 2 is 1.20 bits per heavy atom. The number of hydrogen-bond donors (Lipinski definition) is 2. The number of amides is 3. The predicted octanol–water partition coefficient (Wildman–Crippen LogP) is 6.54. The molecule has 0 bridgehead atoms. The molecule has 3 unspecified atom stereocenters. The van der Waals surface area contributed by atoms with Crippen LogP contribution in [0.5, 0.6) is 0 Å². The summed E-state index contributed by atoms with van der Waals surface area (Å²) in [5.41, 5.74) is 2.60. The molecule has 1 aliphatic carbocycles. The van der Waals surface area contributed by atoms with Crippen molar-refractivity contribution >= 4 is 23.9 Å². The zero-order valence-corrected chi connectivity index (χ0v) is 30.0. The van der Waals surface area contributed by atoms with Gasteiger partial charge in [-0.2, -0.15) is 0 Å². The van der Waals surface area contributed by atoms with Gasteiger partial charge in [-0.1, -0.05) is 90.0 Å². The van der Waals surface area contributed by atoms with Crippen LogP contribution < -0.4 is 10.6 Å². The molecule has 1 fully saturated rings. The molecule has 2 N–H and O–H groups in total. The predicted molar refractivity (Wildman–Crippen MR) is 190 cm³/mol. The minimum absolute atomic E-state index is 0.192.